The highest BCUT2D eigenvalue weighted by atomic mass is 16.6. The molecule has 120 valence electrons. The van der Waals surface area contributed by atoms with Crippen LogP contribution in [0.5, 0.6) is 0 Å². The van der Waals surface area contributed by atoms with Crippen molar-refractivity contribution in [3.8, 4) is 6.07 Å². The van der Waals surface area contributed by atoms with Crippen LogP contribution in [0, 0.1) is 11.3 Å². The van der Waals surface area contributed by atoms with E-state index < -0.39 is 5.60 Å². The molecule has 1 amide bonds. The van der Waals surface area contributed by atoms with Crippen molar-refractivity contribution in [1.29, 1.82) is 5.26 Å². The SMILES string of the molecule is CC(C)(C)OC(=O)N1C2C=C(c3cccc(C#N)c3)CC1CC2. The molecule has 2 unspecified atom stereocenters. The normalized spacial score (nSPS) is 23.2. The largest absolute Gasteiger partial charge is 0.444 e. The van der Waals surface area contributed by atoms with Crippen molar-refractivity contribution in [3.05, 3.63) is 41.5 Å². The topological polar surface area (TPSA) is 53.3 Å². The average molecular weight is 310 g/mol. The standard InChI is InChI=1S/C19H22N2O2/c1-19(2,3)23-18(22)21-16-7-8-17(21)11-15(10-16)14-6-4-5-13(9-14)12-20/h4-6,9-10,16-17H,7-8,11H2,1-3H3. The number of amides is 1. The Morgan fingerprint density at radius 1 is 1.35 bits per heavy atom. The molecule has 2 bridgehead atoms. The molecule has 0 aromatic heterocycles. The van der Waals surface area contributed by atoms with Crippen LogP contribution in [0.1, 0.15) is 51.2 Å². The van der Waals surface area contributed by atoms with Crippen LogP contribution in [0.3, 0.4) is 0 Å². The van der Waals surface area contributed by atoms with Gasteiger partial charge in [0.2, 0.25) is 0 Å². The van der Waals surface area contributed by atoms with Crippen LogP contribution >= 0.6 is 0 Å². The summed E-state index contributed by atoms with van der Waals surface area (Å²) in [6.45, 7) is 5.68. The summed E-state index contributed by atoms with van der Waals surface area (Å²) in [4.78, 5) is 14.3. The summed E-state index contributed by atoms with van der Waals surface area (Å²) >= 11 is 0. The number of hydrogen-bond donors (Lipinski definition) is 0. The molecule has 1 aromatic carbocycles. The number of nitrogens with zero attached hydrogens (tertiary/aromatic N) is 2. The van der Waals surface area contributed by atoms with E-state index in [0.29, 0.717) is 5.56 Å². The number of nitriles is 1. The molecule has 0 saturated carbocycles. The molecule has 0 spiro atoms. The van der Waals surface area contributed by atoms with E-state index >= 15 is 0 Å². The van der Waals surface area contributed by atoms with Crippen molar-refractivity contribution >= 4 is 11.7 Å². The van der Waals surface area contributed by atoms with E-state index in [0.717, 1.165) is 24.8 Å². The number of carbonyl (C=O) groups is 1. The predicted molar refractivity (Wildman–Crippen MR) is 88.6 cm³/mol. The second-order valence-electron chi connectivity index (χ2n) is 7.27. The molecule has 0 N–H and O–H groups in total. The van der Waals surface area contributed by atoms with Crippen LogP contribution in [0.15, 0.2) is 30.3 Å². The fraction of sp³-hybridized carbons (Fsp3) is 0.474. The molecule has 23 heavy (non-hydrogen) atoms. The van der Waals surface area contributed by atoms with Gasteiger partial charge in [0.25, 0.3) is 0 Å². The van der Waals surface area contributed by atoms with Gasteiger partial charge in [0, 0.05) is 6.04 Å². The van der Waals surface area contributed by atoms with E-state index in [1.54, 1.807) is 0 Å². The minimum Gasteiger partial charge on any atom is -0.444 e. The number of ether oxygens (including phenoxy) is 1. The fourth-order valence-electron chi connectivity index (χ4n) is 3.43. The third-order valence-corrected chi connectivity index (χ3v) is 4.36. The highest BCUT2D eigenvalue weighted by Gasteiger charge is 2.41. The van der Waals surface area contributed by atoms with Gasteiger partial charge in [0.1, 0.15) is 5.60 Å². The van der Waals surface area contributed by atoms with E-state index in [2.05, 4.69) is 12.1 Å². The zero-order valence-corrected chi connectivity index (χ0v) is 13.9. The van der Waals surface area contributed by atoms with E-state index in [1.807, 2.05) is 49.9 Å². The van der Waals surface area contributed by atoms with E-state index in [1.165, 1.54) is 5.57 Å². The maximum absolute atomic E-state index is 12.4. The summed E-state index contributed by atoms with van der Waals surface area (Å²) in [5.41, 5.74) is 2.52. The van der Waals surface area contributed by atoms with Gasteiger partial charge < -0.3 is 4.74 Å². The Labute approximate surface area is 137 Å². The predicted octanol–water partition coefficient (Wildman–Crippen LogP) is 4.11. The Morgan fingerprint density at radius 2 is 2.13 bits per heavy atom. The summed E-state index contributed by atoms with van der Waals surface area (Å²) in [5, 5.41) is 9.06. The van der Waals surface area contributed by atoms with E-state index in [9.17, 15) is 4.79 Å². The average Bonchev–Trinajstić information content (AvgIpc) is 2.76. The van der Waals surface area contributed by atoms with Gasteiger partial charge in [-0.3, -0.25) is 4.90 Å². The second kappa shape index (κ2) is 5.73. The fourth-order valence-corrected chi connectivity index (χ4v) is 3.43. The number of rotatable bonds is 1. The zero-order valence-electron chi connectivity index (χ0n) is 13.9. The highest BCUT2D eigenvalue weighted by Crippen LogP contribution is 2.39. The molecule has 2 heterocycles. The van der Waals surface area contributed by atoms with Crippen molar-refractivity contribution in [2.75, 3.05) is 0 Å². The van der Waals surface area contributed by atoms with Crippen LogP contribution in [0.2, 0.25) is 0 Å². The molecule has 1 fully saturated rings. The third kappa shape index (κ3) is 3.24. The van der Waals surface area contributed by atoms with Crippen LogP contribution < -0.4 is 0 Å². The van der Waals surface area contributed by atoms with Crippen molar-refractivity contribution < 1.29 is 9.53 Å². The van der Waals surface area contributed by atoms with Gasteiger partial charge in [-0.1, -0.05) is 18.2 Å². The molecule has 1 saturated heterocycles. The summed E-state index contributed by atoms with van der Waals surface area (Å²) in [5.74, 6) is 0. The van der Waals surface area contributed by atoms with Crippen LogP contribution in [0.4, 0.5) is 4.79 Å². The molecule has 0 aliphatic carbocycles. The van der Waals surface area contributed by atoms with Crippen LogP contribution in [0.25, 0.3) is 5.57 Å². The number of benzene rings is 1. The monoisotopic (exact) mass is 310 g/mol. The summed E-state index contributed by atoms with van der Waals surface area (Å²) < 4.78 is 5.55. The maximum Gasteiger partial charge on any atom is 0.411 e. The first-order valence-electron chi connectivity index (χ1n) is 8.10. The minimum absolute atomic E-state index is 0.101. The Hall–Kier alpha value is -2.28. The van der Waals surface area contributed by atoms with Gasteiger partial charge in [0.15, 0.2) is 0 Å². The number of hydrogen-bond acceptors (Lipinski definition) is 3. The lowest BCUT2D eigenvalue weighted by Crippen LogP contribution is -2.45. The summed E-state index contributed by atoms with van der Waals surface area (Å²) in [7, 11) is 0. The van der Waals surface area contributed by atoms with Gasteiger partial charge in [-0.15, -0.1) is 0 Å². The molecule has 2 atom stereocenters. The van der Waals surface area contributed by atoms with Crippen molar-refractivity contribution in [2.24, 2.45) is 0 Å². The molecule has 4 nitrogen and oxygen atoms in total. The van der Waals surface area contributed by atoms with Crippen LogP contribution in [-0.2, 0) is 4.74 Å². The van der Waals surface area contributed by atoms with Gasteiger partial charge in [-0.2, -0.15) is 5.26 Å². The number of carbonyl (C=O) groups excluding carboxylic acids is 1. The summed E-state index contributed by atoms with van der Waals surface area (Å²) in [6.07, 6.45) is 4.76. The smallest absolute Gasteiger partial charge is 0.411 e. The van der Waals surface area contributed by atoms with Gasteiger partial charge in [-0.05, 0) is 63.3 Å². The summed E-state index contributed by atoms with van der Waals surface area (Å²) in [6, 6.07) is 10.2. The molecular weight excluding hydrogens is 288 g/mol. The third-order valence-electron chi connectivity index (χ3n) is 4.36. The Balaban J connectivity index is 1.83. The lowest BCUT2D eigenvalue weighted by molar-refractivity contribution is 0.0175. The van der Waals surface area contributed by atoms with E-state index in [-0.39, 0.29) is 18.2 Å². The van der Waals surface area contributed by atoms with Crippen molar-refractivity contribution in [1.82, 2.24) is 4.90 Å². The Kier molecular flexibility index (Phi) is 3.89. The van der Waals surface area contributed by atoms with Gasteiger partial charge in [-0.25, -0.2) is 4.79 Å². The zero-order chi connectivity index (χ0) is 16.6. The first kappa shape index (κ1) is 15.6. The molecule has 1 aromatic rings. The maximum atomic E-state index is 12.4. The second-order valence-corrected chi connectivity index (χ2v) is 7.27. The molecular formula is C19H22N2O2. The molecule has 3 rings (SSSR count). The lowest BCUT2D eigenvalue weighted by Gasteiger charge is -2.35. The van der Waals surface area contributed by atoms with Gasteiger partial charge in [0.05, 0.1) is 17.7 Å². The first-order valence-corrected chi connectivity index (χ1v) is 8.10. The minimum atomic E-state index is -0.471. The lowest BCUT2D eigenvalue weighted by atomic mass is 9.94. The van der Waals surface area contributed by atoms with Gasteiger partial charge >= 0.3 is 6.09 Å². The molecule has 2 aliphatic rings. The highest BCUT2D eigenvalue weighted by molar-refractivity contribution is 5.75. The van der Waals surface area contributed by atoms with E-state index in [4.69, 9.17) is 10.00 Å². The van der Waals surface area contributed by atoms with Crippen molar-refractivity contribution in [2.45, 2.75) is 57.7 Å². The molecule has 4 heteroatoms. The first-order chi connectivity index (χ1) is 10.9. The Bertz CT molecular complexity index is 694. The number of fused-ring (bicyclic) bond motifs is 2. The van der Waals surface area contributed by atoms with Crippen molar-refractivity contribution in [3.63, 3.8) is 0 Å². The quantitative estimate of drug-likeness (QED) is 0.784. The van der Waals surface area contributed by atoms with Crippen LogP contribution in [-0.4, -0.2) is 28.7 Å². The molecule has 2 aliphatic heterocycles. The Morgan fingerprint density at radius 3 is 2.78 bits per heavy atom. The molecule has 0 radical (unpaired) electrons.